The number of methoxy groups -OCH3 is 1. The molecular formula is C18H32N4O4. The van der Waals surface area contributed by atoms with Crippen LogP contribution < -0.4 is 10.6 Å². The van der Waals surface area contributed by atoms with Crippen LogP contribution in [0.3, 0.4) is 0 Å². The van der Waals surface area contributed by atoms with E-state index in [1.54, 1.807) is 40.4 Å². The molecule has 0 aliphatic rings. The van der Waals surface area contributed by atoms with Crippen LogP contribution in [0.4, 0.5) is 10.6 Å². The number of ether oxygens (including phenoxy) is 2. The molecule has 1 heterocycles. The Hall–Kier alpha value is -2.09. The molecule has 8 nitrogen and oxygen atoms in total. The second-order valence-electron chi connectivity index (χ2n) is 7.89. The second-order valence-corrected chi connectivity index (χ2v) is 7.89. The maximum atomic E-state index is 12.5. The lowest BCUT2D eigenvalue weighted by atomic mass is 10.1. The Kier molecular flexibility index (Phi) is 7.62. The summed E-state index contributed by atoms with van der Waals surface area (Å²) in [6, 6.07) is -0.688. The molecule has 0 bridgehead atoms. The zero-order valence-electron chi connectivity index (χ0n) is 16.9. The summed E-state index contributed by atoms with van der Waals surface area (Å²) in [6.07, 6.45) is 4.01. The fourth-order valence-corrected chi connectivity index (χ4v) is 2.37. The molecule has 1 aromatic rings. The number of alkyl carbamates (subject to hydrolysis) is 1. The molecule has 0 radical (unpaired) electrons. The van der Waals surface area contributed by atoms with Crippen LogP contribution in [0, 0.1) is 0 Å². The summed E-state index contributed by atoms with van der Waals surface area (Å²) in [4.78, 5) is 28.7. The number of imidazole rings is 1. The molecule has 0 aromatic carbocycles. The first-order valence-electron chi connectivity index (χ1n) is 8.82. The maximum Gasteiger partial charge on any atom is 0.408 e. The van der Waals surface area contributed by atoms with Gasteiger partial charge in [0.25, 0.3) is 0 Å². The molecule has 0 saturated heterocycles. The molecule has 1 atom stereocenters. The molecule has 1 aromatic heterocycles. The first-order chi connectivity index (χ1) is 12.0. The van der Waals surface area contributed by atoms with Gasteiger partial charge in [0.05, 0.1) is 18.5 Å². The molecule has 0 saturated carbocycles. The Morgan fingerprint density at radius 3 is 2.46 bits per heavy atom. The molecule has 2 amide bonds. The molecular weight excluding hydrogens is 336 g/mol. The minimum atomic E-state index is -0.688. The third kappa shape index (κ3) is 7.03. The molecule has 1 unspecified atom stereocenters. The zero-order chi connectivity index (χ0) is 20.0. The average molecular weight is 368 g/mol. The van der Waals surface area contributed by atoms with E-state index in [-0.39, 0.29) is 11.4 Å². The SMILES string of the molecule is CCCC(NC(=O)OC(C)(C)C)C(=O)Nc1cn(C(C)(C)COC)cn1. The number of carbonyl (C=O) groups is 2. The Bertz CT molecular complexity index is 605. The van der Waals surface area contributed by atoms with Crippen molar-refractivity contribution in [3.8, 4) is 0 Å². The summed E-state index contributed by atoms with van der Waals surface area (Å²) in [5.74, 6) is 0.0961. The molecule has 1 rings (SSSR count). The van der Waals surface area contributed by atoms with Crippen LogP contribution in [0.25, 0.3) is 0 Å². The number of amides is 2. The topological polar surface area (TPSA) is 94.5 Å². The number of carbonyl (C=O) groups excluding carboxylic acids is 2. The molecule has 0 aliphatic carbocycles. The molecule has 148 valence electrons. The van der Waals surface area contributed by atoms with Gasteiger partial charge in [-0.15, -0.1) is 0 Å². The smallest absolute Gasteiger partial charge is 0.408 e. The predicted molar refractivity (Wildman–Crippen MR) is 100 cm³/mol. The van der Waals surface area contributed by atoms with E-state index in [0.717, 1.165) is 6.42 Å². The van der Waals surface area contributed by atoms with Crippen LogP contribution in [0.5, 0.6) is 0 Å². The van der Waals surface area contributed by atoms with E-state index in [0.29, 0.717) is 18.8 Å². The summed E-state index contributed by atoms with van der Waals surface area (Å²) in [7, 11) is 1.64. The van der Waals surface area contributed by atoms with Crippen molar-refractivity contribution in [3.05, 3.63) is 12.5 Å². The lowest BCUT2D eigenvalue weighted by Gasteiger charge is -2.25. The van der Waals surface area contributed by atoms with Crippen molar-refractivity contribution in [2.24, 2.45) is 0 Å². The van der Waals surface area contributed by atoms with E-state index in [1.165, 1.54) is 0 Å². The van der Waals surface area contributed by atoms with E-state index in [9.17, 15) is 9.59 Å². The van der Waals surface area contributed by atoms with Crippen molar-refractivity contribution in [2.45, 2.75) is 71.6 Å². The molecule has 0 fully saturated rings. The van der Waals surface area contributed by atoms with Crippen LogP contribution >= 0.6 is 0 Å². The van der Waals surface area contributed by atoms with Gasteiger partial charge in [-0.25, -0.2) is 9.78 Å². The normalized spacial score (nSPS) is 13.2. The highest BCUT2D eigenvalue weighted by Crippen LogP contribution is 2.18. The van der Waals surface area contributed by atoms with Gasteiger partial charge in [-0.1, -0.05) is 13.3 Å². The van der Waals surface area contributed by atoms with Crippen LogP contribution in [0.2, 0.25) is 0 Å². The van der Waals surface area contributed by atoms with Crippen LogP contribution in [0.1, 0.15) is 54.4 Å². The summed E-state index contributed by atoms with van der Waals surface area (Å²) >= 11 is 0. The van der Waals surface area contributed by atoms with Gasteiger partial charge in [-0.3, -0.25) is 4.79 Å². The van der Waals surface area contributed by atoms with E-state index in [2.05, 4.69) is 15.6 Å². The highest BCUT2D eigenvalue weighted by atomic mass is 16.6. The third-order valence-corrected chi connectivity index (χ3v) is 3.62. The lowest BCUT2D eigenvalue weighted by Crippen LogP contribution is -2.45. The summed E-state index contributed by atoms with van der Waals surface area (Å²) < 4.78 is 12.3. The summed E-state index contributed by atoms with van der Waals surface area (Å²) in [5, 5.41) is 5.37. The van der Waals surface area contributed by atoms with Gasteiger partial charge in [0.1, 0.15) is 11.6 Å². The van der Waals surface area contributed by atoms with Crippen molar-refractivity contribution >= 4 is 17.8 Å². The van der Waals surface area contributed by atoms with Gasteiger partial charge >= 0.3 is 6.09 Å². The lowest BCUT2D eigenvalue weighted by molar-refractivity contribution is -0.118. The van der Waals surface area contributed by atoms with Gasteiger partial charge in [0.15, 0.2) is 5.82 Å². The fraction of sp³-hybridized carbons (Fsp3) is 0.722. The summed E-state index contributed by atoms with van der Waals surface area (Å²) in [5.41, 5.74) is -0.911. The summed E-state index contributed by atoms with van der Waals surface area (Å²) in [6.45, 7) is 11.8. The van der Waals surface area contributed by atoms with Gasteiger partial charge in [-0.2, -0.15) is 0 Å². The largest absolute Gasteiger partial charge is 0.444 e. The Balaban J connectivity index is 2.76. The van der Waals surface area contributed by atoms with E-state index < -0.39 is 17.7 Å². The molecule has 0 spiro atoms. The zero-order valence-corrected chi connectivity index (χ0v) is 16.9. The Morgan fingerprint density at radius 2 is 1.92 bits per heavy atom. The highest BCUT2D eigenvalue weighted by molar-refractivity contribution is 5.95. The number of nitrogens with zero attached hydrogens (tertiary/aromatic N) is 2. The Morgan fingerprint density at radius 1 is 1.27 bits per heavy atom. The van der Waals surface area contributed by atoms with Crippen LogP contribution in [-0.2, 0) is 19.8 Å². The van der Waals surface area contributed by atoms with Crippen molar-refractivity contribution in [1.29, 1.82) is 0 Å². The monoisotopic (exact) mass is 368 g/mol. The van der Waals surface area contributed by atoms with E-state index >= 15 is 0 Å². The van der Waals surface area contributed by atoms with Crippen molar-refractivity contribution in [3.63, 3.8) is 0 Å². The Labute approximate surface area is 155 Å². The number of nitrogens with one attached hydrogen (secondary N) is 2. The molecule has 2 N–H and O–H groups in total. The highest BCUT2D eigenvalue weighted by Gasteiger charge is 2.25. The molecule has 26 heavy (non-hydrogen) atoms. The minimum absolute atomic E-state index is 0.289. The third-order valence-electron chi connectivity index (χ3n) is 3.62. The molecule has 0 aliphatic heterocycles. The van der Waals surface area contributed by atoms with Gasteiger partial charge in [0.2, 0.25) is 5.91 Å². The number of rotatable bonds is 8. The van der Waals surface area contributed by atoms with E-state index in [4.69, 9.17) is 9.47 Å². The maximum absolute atomic E-state index is 12.5. The van der Waals surface area contributed by atoms with Gasteiger partial charge in [-0.05, 0) is 41.0 Å². The van der Waals surface area contributed by atoms with E-state index in [1.807, 2.05) is 25.3 Å². The van der Waals surface area contributed by atoms with Crippen LogP contribution in [0.15, 0.2) is 12.5 Å². The standard InChI is InChI=1S/C18H32N4O4/c1-8-9-13(20-16(24)26-17(2,3)4)15(23)21-14-10-22(12-19-14)18(5,6)11-25-7/h10,12-13H,8-9,11H2,1-7H3,(H,20,24)(H,21,23). The quantitative estimate of drug-likeness (QED) is 0.736. The van der Waals surface area contributed by atoms with Crippen molar-refractivity contribution in [1.82, 2.24) is 14.9 Å². The van der Waals surface area contributed by atoms with Crippen LogP contribution in [-0.4, -0.2) is 46.9 Å². The number of aromatic nitrogens is 2. The number of hydrogen-bond donors (Lipinski definition) is 2. The van der Waals surface area contributed by atoms with Crippen molar-refractivity contribution < 1.29 is 19.1 Å². The fourth-order valence-electron chi connectivity index (χ4n) is 2.37. The van der Waals surface area contributed by atoms with Crippen molar-refractivity contribution in [2.75, 3.05) is 19.0 Å². The average Bonchev–Trinajstić information content (AvgIpc) is 2.94. The number of hydrogen-bond acceptors (Lipinski definition) is 5. The number of anilines is 1. The first kappa shape index (κ1) is 22.0. The molecule has 8 heteroatoms. The predicted octanol–water partition coefficient (Wildman–Crippen LogP) is 2.90. The van der Waals surface area contributed by atoms with Gasteiger partial charge in [0, 0.05) is 13.3 Å². The minimum Gasteiger partial charge on any atom is -0.444 e. The second kappa shape index (κ2) is 9.02. The van der Waals surface area contributed by atoms with Gasteiger partial charge < -0.3 is 24.7 Å². The first-order valence-corrected chi connectivity index (χ1v) is 8.82.